The summed E-state index contributed by atoms with van der Waals surface area (Å²) in [6, 6.07) is 8.08. The molecule has 1 fully saturated rings. The lowest BCUT2D eigenvalue weighted by atomic mass is 10.1. The van der Waals surface area contributed by atoms with E-state index in [9.17, 15) is 0 Å². The number of benzene rings is 1. The third kappa shape index (κ3) is 3.65. The molecule has 1 aromatic carbocycles. The molecule has 0 radical (unpaired) electrons. The topological polar surface area (TPSA) is 36.3 Å². The second kappa shape index (κ2) is 6.31. The van der Waals surface area contributed by atoms with Crippen molar-refractivity contribution in [1.29, 1.82) is 5.26 Å². The molecule has 102 valence electrons. The van der Waals surface area contributed by atoms with Crippen molar-refractivity contribution in [1.82, 2.24) is 4.90 Å². The van der Waals surface area contributed by atoms with Crippen LogP contribution in [0, 0.1) is 11.3 Å². The fourth-order valence-electron chi connectivity index (χ4n) is 2.61. The van der Waals surface area contributed by atoms with Crippen LogP contribution >= 0.6 is 11.8 Å². The molecule has 0 aliphatic carbocycles. The molecule has 0 N–H and O–H groups in total. The molecular formula is C15H20N2OS. The fraction of sp³-hybridized carbons (Fsp3) is 0.533. The van der Waals surface area contributed by atoms with Gasteiger partial charge in [0.2, 0.25) is 0 Å². The third-order valence-corrected chi connectivity index (χ3v) is 4.51. The highest BCUT2D eigenvalue weighted by Gasteiger charge is 2.22. The molecule has 4 heteroatoms. The van der Waals surface area contributed by atoms with E-state index >= 15 is 0 Å². The Morgan fingerprint density at radius 3 is 2.63 bits per heavy atom. The first-order valence-corrected chi connectivity index (χ1v) is 7.51. The number of nitrogens with zero attached hydrogens (tertiary/aromatic N) is 2. The van der Waals surface area contributed by atoms with Gasteiger partial charge in [0, 0.05) is 30.1 Å². The summed E-state index contributed by atoms with van der Waals surface area (Å²) in [7, 11) is 1.60. The Labute approximate surface area is 119 Å². The number of nitriles is 1. The Bertz CT molecular complexity index is 474. The van der Waals surface area contributed by atoms with Crippen molar-refractivity contribution < 1.29 is 4.74 Å². The molecular weight excluding hydrogens is 256 g/mol. The lowest BCUT2D eigenvalue weighted by Gasteiger charge is -2.34. The molecule has 0 amide bonds. The van der Waals surface area contributed by atoms with E-state index in [1.54, 1.807) is 7.11 Å². The molecule has 2 rings (SSSR count). The van der Waals surface area contributed by atoms with Gasteiger partial charge in [0.1, 0.15) is 11.8 Å². The second-order valence-electron chi connectivity index (χ2n) is 5.10. The third-order valence-electron chi connectivity index (χ3n) is 3.29. The summed E-state index contributed by atoms with van der Waals surface area (Å²) in [6.07, 6.45) is 0. The molecule has 2 atom stereocenters. The predicted octanol–water partition coefficient (Wildman–Crippen LogP) is 2.89. The van der Waals surface area contributed by atoms with Gasteiger partial charge in [-0.3, -0.25) is 4.90 Å². The summed E-state index contributed by atoms with van der Waals surface area (Å²) in [5.41, 5.74) is 1.80. The summed E-state index contributed by atoms with van der Waals surface area (Å²) in [5, 5.41) is 10.5. The van der Waals surface area contributed by atoms with Crippen molar-refractivity contribution in [2.75, 3.05) is 20.2 Å². The molecule has 0 bridgehead atoms. The number of methoxy groups -OCH3 is 1. The minimum atomic E-state index is 0.618. The van der Waals surface area contributed by atoms with Crippen LogP contribution < -0.4 is 4.74 Å². The Balaban J connectivity index is 2.09. The summed E-state index contributed by atoms with van der Waals surface area (Å²) in [6.45, 7) is 7.70. The summed E-state index contributed by atoms with van der Waals surface area (Å²) < 4.78 is 5.18. The number of hydrogen-bond donors (Lipinski definition) is 0. The lowest BCUT2D eigenvalue weighted by Crippen LogP contribution is -2.39. The molecule has 19 heavy (non-hydrogen) atoms. The van der Waals surface area contributed by atoms with Crippen molar-refractivity contribution >= 4 is 11.8 Å². The first kappa shape index (κ1) is 14.2. The van der Waals surface area contributed by atoms with E-state index in [0.717, 1.165) is 19.6 Å². The summed E-state index contributed by atoms with van der Waals surface area (Å²) in [5.74, 6) is 0.655. The van der Waals surface area contributed by atoms with Crippen molar-refractivity contribution in [2.45, 2.75) is 30.9 Å². The zero-order valence-corrected chi connectivity index (χ0v) is 12.5. The minimum Gasteiger partial charge on any atom is -0.495 e. The predicted molar refractivity (Wildman–Crippen MR) is 79.5 cm³/mol. The Kier molecular flexibility index (Phi) is 4.73. The van der Waals surface area contributed by atoms with Gasteiger partial charge in [-0.2, -0.15) is 17.0 Å². The van der Waals surface area contributed by atoms with E-state index in [2.05, 4.69) is 42.6 Å². The van der Waals surface area contributed by atoms with Gasteiger partial charge in [0.25, 0.3) is 0 Å². The number of ether oxygens (including phenoxy) is 1. The highest BCUT2D eigenvalue weighted by Crippen LogP contribution is 2.26. The van der Waals surface area contributed by atoms with Gasteiger partial charge in [-0.15, -0.1) is 0 Å². The van der Waals surface area contributed by atoms with Crippen LogP contribution in [0.1, 0.15) is 25.0 Å². The standard InChI is InChI=1S/C15H20N2OS/c1-11-8-17(9-12(2)19-11)10-13-4-5-15(18-3)14(6-13)7-16/h4-6,11-12H,8-10H2,1-3H3. The van der Waals surface area contributed by atoms with Gasteiger partial charge < -0.3 is 4.74 Å². The molecule has 1 heterocycles. The monoisotopic (exact) mass is 276 g/mol. The molecule has 1 aliphatic rings. The van der Waals surface area contributed by atoms with Gasteiger partial charge in [0.15, 0.2) is 0 Å². The van der Waals surface area contributed by atoms with Gasteiger partial charge >= 0.3 is 0 Å². The first-order chi connectivity index (χ1) is 9.12. The van der Waals surface area contributed by atoms with Crippen LogP contribution in [0.2, 0.25) is 0 Å². The average Bonchev–Trinajstić information content (AvgIpc) is 2.37. The van der Waals surface area contributed by atoms with Crippen LogP contribution in [-0.4, -0.2) is 35.6 Å². The molecule has 1 saturated heterocycles. The zero-order valence-electron chi connectivity index (χ0n) is 11.7. The molecule has 3 nitrogen and oxygen atoms in total. The van der Waals surface area contributed by atoms with E-state index in [-0.39, 0.29) is 0 Å². The maximum atomic E-state index is 9.12. The van der Waals surface area contributed by atoms with Crippen molar-refractivity contribution in [3.05, 3.63) is 29.3 Å². The van der Waals surface area contributed by atoms with Gasteiger partial charge in [-0.25, -0.2) is 0 Å². The van der Waals surface area contributed by atoms with E-state index in [1.807, 2.05) is 12.1 Å². The zero-order chi connectivity index (χ0) is 13.8. The van der Waals surface area contributed by atoms with Crippen LogP contribution in [0.4, 0.5) is 0 Å². The maximum absolute atomic E-state index is 9.12. The SMILES string of the molecule is COc1ccc(CN2CC(C)SC(C)C2)cc1C#N. The normalized spacial score (nSPS) is 23.9. The number of hydrogen-bond acceptors (Lipinski definition) is 4. The van der Waals surface area contributed by atoms with Gasteiger partial charge in [-0.05, 0) is 17.7 Å². The lowest BCUT2D eigenvalue weighted by molar-refractivity contribution is 0.263. The van der Waals surface area contributed by atoms with Gasteiger partial charge in [0.05, 0.1) is 12.7 Å². The van der Waals surface area contributed by atoms with Crippen molar-refractivity contribution in [3.63, 3.8) is 0 Å². The highest BCUT2D eigenvalue weighted by molar-refractivity contribution is 8.00. The molecule has 1 aliphatic heterocycles. The molecule has 1 aromatic rings. The van der Waals surface area contributed by atoms with Crippen molar-refractivity contribution in [2.24, 2.45) is 0 Å². The minimum absolute atomic E-state index is 0.618. The van der Waals surface area contributed by atoms with Gasteiger partial charge in [-0.1, -0.05) is 19.9 Å². The number of rotatable bonds is 3. The molecule has 0 spiro atoms. The molecule has 2 unspecified atom stereocenters. The smallest absolute Gasteiger partial charge is 0.136 e. The fourth-order valence-corrected chi connectivity index (χ4v) is 4.00. The largest absolute Gasteiger partial charge is 0.495 e. The second-order valence-corrected chi connectivity index (χ2v) is 6.98. The Hall–Kier alpha value is -1.18. The van der Waals surface area contributed by atoms with E-state index in [1.165, 1.54) is 5.56 Å². The van der Waals surface area contributed by atoms with Crippen LogP contribution in [0.3, 0.4) is 0 Å². The van der Waals surface area contributed by atoms with Crippen molar-refractivity contribution in [3.8, 4) is 11.8 Å². The number of thioether (sulfide) groups is 1. The van der Waals surface area contributed by atoms with Crippen LogP contribution in [0.5, 0.6) is 5.75 Å². The quantitative estimate of drug-likeness (QED) is 0.850. The summed E-state index contributed by atoms with van der Waals surface area (Å²) in [4.78, 5) is 2.47. The maximum Gasteiger partial charge on any atom is 0.136 e. The highest BCUT2D eigenvalue weighted by atomic mass is 32.2. The van der Waals surface area contributed by atoms with Crippen LogP contribution in [-0.2, 0) is 6.54 Å². The Morgan fingerprint density at radius 1 is 1.37 bits per heavy atom. The Morgan fingerprint density at radius 2 is 2.05 bits per heavy atom. The molecule has 0 saturated carbocycles. The van der Waals surface area contributed by atoms with Crippen LogP contribution in [0.25, 0.3) is 0 Å². The van der Waals surface area contributed by atoms with E-state index in [4.69, 9.17) is 10.00 Å². The first-order valence-electron chi connectivity index (χ1n) is 6.57. The summed E-state index contributed by atoms with van der Waals surface area (Å²) >= 11 is 2.06. The van der Waals surface area contributed by atoms with E-state index < -0.39 is 0 Å². The average molecular weight is 276 g/mol. The van der Waals surface area contributed by atoms with Crippen LogP contribution in [0.15, 0.2) is 18.2 Å². The van der Waals surface area contributed by atoms with E-state index in [0.29, 0.717) is 21.8 Å². The molecule has 0 aromatic heterocycles.